The fourth-order valence-electron chi connectivity index (χ4n) is 3.26. The van der Waals surface area contributed by atoms with Crippen LogP contribution in [0.25, 0.3) is 0 Å². The smallest absolute Gasteiger partial charge is 0.211 e. The Morgan fingerprint density at radius 1 is 1.14 bits per heavy atom. The highest BCUT2D eigenvalue weighted by atomic mass is 32.2. The van der Waals surface area contributed by atoms with Gasteiger partial charge in [-0.1, -0.05) is 43.2 Å². The molecule has 0 radical (unpaired) electrons. The SMILES string of the molecule is CCCCS(=O)(=O)NCCN1CCN(c2nc(Cc3ccc(C)cc3)ns2)CC1. The number of nitrogens with one attached hydrogen (secondary N) is 1. The van der Waals surface area contributed by atoms with Crippen molar-refractivity contribution in [1.82, 2.24) is 19.0 Å². The van der Waals surface area contributed by atoms with Crippen LogP contribution >= 0.6 is 11.5 Å². The molecule has 0 aliphatic carbocycles. The Labute approximate surface area is 178 Å². The second kappa shape index (κ2) is 10.5. The van der Waals surface area contributed by atoms with E-state index in [9.17, 15) is 8.42 Å². The van der Waals surface area contributed by atoms with Gasteiger partial charge in [0.15, 0.2) is 0 Å². The predicted molar refractivity (Wildman–Crippen MR) is 119 cm³/mol. The molecule has 3 rings (SSSR count). The van der Waals surface area contributed by atoms with Gasteiger partial charge in [0.25, 0.3) is 0 Å². The second-order valence-corrected chi connectivity index (χ2v) is 10.2. The summed E-state index contributed by atoms with van der Waals surface area (Å²) in [6.45, 7) is 8.90. The largest absolute Gasteiger partial charge is 0.344 e. The van der Waals surface area contributed by atoms with Crippen LogP contribution in [0.15, 0.2) is 24.3 Å². The van der Waals surface area contributed by atoms with Crippen LogP contribution in [0.3, 0.4) is 0 Å². The van der Waals surface area contributed by atoms with Crippen molar-refractivity contribution in [3.63, 3.8) is 0 Å². The topological polar surface area (TPSA) is 78.4 Å². The summed E-state index contributed by atoms with van der Waals surface area (Å²) in [4.78, 5) is 9.30. The van der Waals surface area contributed by atoms with Gasteiger partial charge in [-0.3, -0.25) is 4.90 Å². The number of aryl methyl sites for hydroxylation is 1. The first kappa shape index (κ1) is 22.1. The van der Waals surface area contributed by atoms with Crippen molar-refractivity contribution in [3.8, 4) is 0 Å². The van der Waals surface area contributed by atoms with Crippen LogP contribution in [0.4, 0.5) is 5.13 Å². The van der Waals surface area contributed by atoms with E-state index >= 15 is 0 Å². The zero-order valence-electron chi connectivity index (χ0n) is 17.3. The average molecular weight is 438 g/mol. The van der Waals surface area contributed by atoms with Gasteiger partial charge in [-0.25, -0.2) is 18.1 Å². The van der Waals surface area contributed by atoms with Crippen LogP contribution in [-0.4, -0.2) is 67.7 Å². The summed E-state index contributed by atoms with van der Waals surface area (Å²) in [5.41, 5.74) is 2.48. The summed E-state index contributed by atoms with van der Waals surface area (Å²) >= 11 is 1.46. The molecule has 7 nitrogen and oxygen atoms in total. The first-order valence-corrected chi connectivity index (χ1v) is 12.7. The molecule has 0 bridgehead atoms. The zero-order valence-corrected chi connectivity index (χ0v) is 18.9. The Morgan fingerprint density at radius 2 is 1.86 bits per heavy atom. The monoisotopic (exact) mass is 437 g/mol. The number of nitrogens with zero attached hydrogens (tertiary/aromatic N) is 4. The second-order valence-electron chi connectivity index (χ2n) is 7.55. The number of anilines is 1. The van der Waals surface area contributed by atoms with Gasteiger partial charge in [0.05, 0.1) is 5.75 Å². The van der Waals surface area contributed by atoms with Crippen molar-refractivity contribution in [3.05, 3.63) is 41.2 Å². The highest BCUT2D eigenvalue weighted by Gasteiger charge is 2.20. The predicted octanol–water partition coefficient (Wildman–Crippen LogP) is 2.28. The Bertz CT molecular complexity index is 859. The summed E-state index contributed by atoms with van der Waals surface area (Å²) in [6.07, 6.45) is 2.36. The van der Waals surface area contributed by atoms with Gasteiger partial charge in [-0.2, -0.15) is 4.37 Å². The third kappa shape index (κ3) is 7.02. The van der Waals surface area contributed by atoms with E-state index in [1.807, 2.05) is 6.92 Å². The van der Waals surface area contributed by atoms with Crippen molar-refractivity contribution in [2.24, 2.45) is 0 Å². The molecule has 1 saturated heterocycles. The molecule has 29 heavy (non-hydrogen) atoms. The molecule has 160 valence electrons. The van der Waals surface area contributed by atoms with Crippen LogP contribution in [0.1, 0.15) is 36.7 Å². The summed E-state index contributed by atoms with van der Waals surface area (Å²) in [5, 5.41) is 0.979. The maximum Gasteiger partial charge on any atom is 0.211 e. The normalized spacial score (nSPS) is 15.7. The van der Waals surface area contributed by atoms with E-state index in [0.29, 0.717) is 13.0 Å². The lowest BCUT2D eigenvalue weighted by Crippen LogP contribution is -2.48. The number of aromatic nitrogens is 2. The lowest BCUT2D eigenvalue weighted by molar-refractivity contribution is 0.262. The van der Waals surface area contributed by atoms with E-state index in [2.05, 4.69) is 50.1 Å². The molecule has 1 aliphatic heterocycles. The van der Waals surface area contributed by atoms with Crippen LogP contribution in [0.2, 0.25) is 0 Å². The van der Waals surface area contributed by atoms with Gasteiger partial charge in [0.2, 0.25) is 15.2 Å². The molecule has 1 aliphatic rings. The van der Waals surface area contributed by atoms with Crippen LogP contribution in [-0.2, 0) is 16.4 Å². The molecular formula is C20H31N5O2S2. The summed E-state index contributed by atoms with van der Waals surface area (Å²) < 4.78 is 31.0. The van der Waals surface area contributed by atoms with E-state index < -0.39 is 10.0 Å². The van der Waals surface area contributed by atoms with Gasteiger partial charge in [-0.05, 0) is 18.9 Å². The molecule has 0 unspecified atom stereocenters. The highest BCUT2D eigenvalue weighted by molar-refractivity contribution is 7.89. The fourth-order valence-corrected chi connectivity index (χ4v) is 5.21. The first-order valence-electron chi connectivity index (χ1n) is 10.3. The molecule has 1 aromatic carbocycles. The molecule has 0 saturated carbocycles. The van der Waals surface area contributed by atoms with Crippen LogP contribution in [0, 0.1) is 6.92 Å². The molecule has 0 spiro atoms. The molecule has 2 heterocycles. The summed E-state index contributed by atoms with van der Waals surface area (Å²) in [6, 6.07) is 8.49. The Hall–Kier alpha value is -1.55. The molecule has 1 aromatic heterocycles. The molecule has 0 amide bonds. The van der Waals surface area contributed by atoms with E-state index in [1.54, 1.807) is 0 Å². The van der Waals surface area contributed by atoms with Crippen molar-refractivity contribution in [2.75, 3.05) is 49.9 Å². The third-order valence-corrected chi connectivity index (χ3v) is 7.38. The lowest BCUT2D eigenvalue weighted by atomic mass is 10.1. The number of rotatable bonds is 10. The number of hydrogen-bond acceptors (Lipinski definition) is 7. The highest BCUT2D eigenvalue weighted by Crippen LogP contribution is 2.20. The van der Waals surface area contributed by atoms with Gasteiger partial charge in [0.1, 0.15) is 5.82 Å². The molecule has 0 atom stereocenters. The summed E-state index contributed by atoms with van der Waals surface area (Å²) in [7, 11) is -3.13. The number of sulfonamides is 1. The number of unbranched alkanes of at least 4 members (excludes halogenated alkanes) is 1. The average Bonchev–Trinajstić information content (AvgIpc) is 3.17. The maximum atomic E-state index is 11.9. The number of benzene rings is 1. The summed E-state index contributed by atoms with van der Waals surface area (Å²) in [5.74, 6) is 1.09. The molecule has 1 N–H and O–H groups in total. The number of piperazine rings is 1. The number of hydrogen-bond donors (Lipinski definition) is 1. The Kier molecular flexibility index (Phi) is 7.99. The minimum atomic E-state index is -3.13. The van der Waals surface area contributed by atoms with Crippen molar-refractivity contribution in [2.45, 2.75) is 33.1 Å². The van der Waals surface area contributed by atoms with E-state index in [4.69, 9.17) is 4.98 Å². The minimum absolute atomic E-state index is 0.221. The van der Waals surface area contributed by atoms with Gasteiger partial charge in [-0.15, -0.1) is 0 Å². The lowest BCUT2D eigenvalue weighted by Gasteiger charge is -2.34. The van der Waals surface area contributed by atoms with Crippen molar-refractivity contribution >= 4 is 26.7 Å². The van der Waals surface area contributed by atoms with Crippen molar-refractivity contribution in [1.29, 1.82) is 0 Å². The maximum absolute atomic E-state index is 11.9. The third-order valence-electron chi connectivity index (χ3n) is 5.10. The van der Waals surface area contributed by atoms with Crippen molar-refractivity contribution < 1.29 is 8.42 Å². The van der Waals surface area contributed by atoms with E-state index in [1.165, 1.54) is 22.7 Å². The quantitative estimate of drug-likeness (QED) is 0.614. The standard InChI is InChI=1S/C20H31N5O2S2/c1-3-4-15-29(26,27)21-9-10-24-11-13-25(14-12-24)20-22-19(23-28-20)16-18-7-5-17(2)6-8-18/h5-8,21H,3-4,9-16H2,1-2H3. The van der Waals surface area contributed by atoms with E-state index in [0.717, 1.165) is 56.5 Å². The first-order chi connectivity index (χ1) is 13.9. The van der Waals surface area contributed by atoms with Gasteiger partial charge < -0.3 is 4.90 Å². The minimum Gasteiger partial charge on any atom is -0.344 e. The molecule has 2 aromatic rings. The van der Waals surface area contributed by atoms with Gasteiger partial charge in [0, 0.05) is 57.2 Å². The molecule has 1 fully saturated rings. The van der Waals surface area contributed by atoms with Gasteiger partial charge >= 0.3 is 0 Å². The van der Waals surface area contributed by atoms with Crippen LogP contribution < -0.4 is 9.62 Å². The van der Waals surface area contributed by atoms with E-state index in [-0.39, 0.29) is 5.75 Å². The van der Waals surface area contributed by atoms with Crippen LogP contribution in [0.5, 0.6) is 0 Å². The molecule has 9 heteroatoms. The fraction of sp³-hybridized carbons (Fsp3) is 0.600. The Morgan fingerprint density at radius 3 is 2.55 bits per heavy atom. The molecular weight excluding hydrogens is 406 g/mol. The Balaban J connectivity index is 1.41. The zero-order chi connectivity index (χ0) is 20.7.